The Morgan fingerprint density at radius 2 is 0.877 bits per heavy atom. The molecular formula is C54H99NO18. The Morgan fingerprint density at radius 1 is 0.479 bits per heavy atom. The molecule has 0 radical (unpaired) electrons. The fourth-order valence-corrected chi connectivity index (χ4v) is 9.56. The number of carbonyl (C=O) groups excluding carboxylic acids is 1. The number of hydrogen-bond donors (Lipinski definition) is 12. The van der Waals surface area contributed by atoms with Gasteiger partial charge in [0.1, 0.15) is 73.2 Å². The molecule has 19 heteroatoms. The van der Waals surface area contributed by atoms with Crippen molar-refractivity contribution in [3.05, 3.63) is 24.3 Å². The molecule has 3 fully saturated rings. The van der Waals surface area contributed by atoms with Crippen LogP contribution < -0.4 is 5.32 Å². The van der Waals surface area contributed by atoms with Crippen LogP contribution in [0.2, 0.25) is 0 Å². The Labute approximate surface area is 435 Å². The second-order valence-corrected chi connectivity index (χ2v) is 20.4. The lowest BCUT2D eigenvalue weighted by Gasteiger charge is -2.48. The highest BCUT2D eigenvalue weighted by molar-refractivity contribution is 5.76. The molecule has 0 spiro atoms. The van der Waals surface area contributed by atoms with Gasteiger partial charge < -0.3 is 89.9 Å². The minimum absolute atomic E-state index is 0.237. The molecule has 17 unspecified atom stereocenters. The van der Waals surface area contributed by atoms with E-state index in [9.17, 15) is 61.0 Å². The van der Waals surface area contributed by atoms with Crippen molar-refractivity contribution < 1.29 is 89.4 Å². The summed E-state index contributed by atoms with van der Waals surface area (Å²) < 4.78 is 34.1. The van der Waals surface area contributed by atoms with Crippen LogP contribution in [0.3, 0.4) is 0 Å². The molecule has 1 amide bonds. The summed E-state index contributed by atoms with van der Waals surface area (Å²) in [6.45, 7) is 1.66. The highest BCUT2D eigenvalue weighted by Crippen LogP contribution is 2.33. The summed E-state index contributed by atoms with van der Waals surface area (Å²) in [5.41, 5.74) is 0. The summed E-state index contributed by atoms with van der Waals surface area (Å²) in [6.07, 6.45) is 10.5. The van der Waals surface area contributed by atoms with Crippen molar-refractivity contribution in [2.45, 2.75) is 285 Å². The van der Waals surface area contributed by atoms with Crippen LogP contribution in [0.25, 0.3) is 0 Å². The fourth-order valence-electron chi connectivity index (χ4n) is 9.56. The molecule has 12 N–H and O–H groups in total. The normalized spacial score (nSPS) is 31.9. The van der Waals surface area contributed by atoms with Gasteiger partial charge in [-0.1, -0.05) is 167 Å². The van der Waals surface area contributed by atoms with Gasteiger partial charge in [-0.3, -0.25) is 4.79 Å². The van der Waals surface area contributed by atoms with Gasteiger partial charge in [0.05, 0.1) is 38.6 Å². The molecule has 0 saturated carbocycles. The average Bonchev–Trinajstić information content (AvgIpc) is 3.39. The third kappa shape index (κ3) is 23.8. The van der Waals surface area contributed by atoms with Crippen LogP contribution in [0.15, 0.2) is 24.3 Å². The quantitative estimate of drug-likeness (QED) is 0.0308. The third-order valence-corrected chi connectivity index (χ3v) is 14.3. The largest absolute Gasteiger partial charge is 0.394 e. The summed E-state index contributed by atoms with van der Waals surface area (Å²) in [7, 11) is 0. The van der Waals surface area contributed by atoms with Crippen LogP contribution in [0.5, 0.6) is 0 Å². The molecule has 0 bridgehead atoms. The van der Waals surface area contributed by atoms with Crippen LogP contribution in [0, 0.1) is 0 Å². The molecule has 73 heavy (non-hydrogen) atoms. The maximum absolute atomic E-state index is 13.2. The Morgan fingerprint density at radius 3 is 1.37 bits per heavy atom. The van der Waals surface area contributed by atoms with Crippen LogP contribution in [-0.4, -0.2) is 193 Å². The summed E-state index contributed by atoms with van der Waals surface area (Å²) in [6, 6.07) is -0.983. The molecule has 19 nitrogen and oxygen atoms in total. The minimum Gasteiger partial charge on any atom is -0.394 e. The molecule has 3 saturated heterocycles. The van der Waals surface area contributed by atoms with E-state index in [1.165, 1.54) is 109 Å². The van der Waals surface area contributed by atoms with Gasteiger partial charge in [0.2, 0.25) is 5.91 Å². The van der Waals surface area contributed by atoms with E-state index >= 15 is 0 Å². The topological polar surface area (TPSA) is 307 Å². The zero-order chi connectivity index (χ0) is 53.4. The Balaban J connectivity index is 1.53. The van der Waals surface area contributed by atoms with Crippen LogP contribution in [0.1, 0.15) is 181 Å². The first kappa shape index (κ1) is 65.6. The first-order valence-corrected chi connectivity index (χ1v) is 28.1. The highest BCUT2D eigenvalue weighted by Gasteiger charge is 2.53. The van der Waals surface area contributed by atoms with Gasteiger partial charge in [-0.25, -0.2) is 0 Å². The third-order valence-electron chi connectivity index (χ3n) is 14.3. The van der Waals surface area contributed by atoms with Crippen molar-refractivity contribution in [1.82, 2.24) is 5.32 Å². The number of nitrogens with one attached hydrogen (secondary N) is 1. The molecule has 17 atom stereocenters. The SMILES string of the molecule is CCCCCCCCCCCCCCC/C=C/CC/C=C/C(O)C(COC1OC(CO)C(OC2OC(CO)C(OC3OC(CO)C(O)C(O)C3O)C(O)C2O)C(O)C1O)NC(=O)CCCCCCCCCCC. The van der Waals surface area contributed by atoms with Crippen LogP contribution >= 0.6 is 0 Å². The number of allylic oxidation sites excluding steroid dienone is 3. The van der Waals surface area contributed by atoms with Gasteiger partial charge in [-0.15, -0.1) is 0 Å². The fraction of sp³-hybridized carbons (Fsp3) is 0.907. The van der Waals surface area contributed by atoms with E-state index in [-0.39, 0.29) is 18.9 Å². The van der Waals surface area contributed by atoms with E-state index < -0.39 is 124 Å². The van der Waals surface area contributed by atoms with Crippen molar-refractivity contribution in [3.8, 4) is 0 Å². The van der Waals surface area contributed by atoms with E-state index in [4.69, 9.17) is 28.4 Å². The Kier molecular flexibility index (Phi) is 34.8. The smallest absolute Gasteiger partial charge is 0.220 e. The lowest BCUT2D eigenvalue weighted by atomic mass is 9.96. The second kappa shape index (κ2) is 38.8. The number of aliphatic hydroxyl groups excluding tert-OH is 11. The molecule has 0 aliphatic carbocycles. The monoisotopic (exact) mass is 1050 g/mol. The molecule has 3 rings (SSSR count). The van der Waals surface area contributed by atoms with Crippen molar-refractivity contribution in [1.29, 1.82) is 0 Å². The van der Waals surface area contributed by atoms with Gasteiger partial charge in [0, 0.05) is 6.42 Å². The number of aliphatic hydroxyl groups is 11. The summed E-state index contributed by atoms with van der Waals surface area (Å²) in [5, 5.41) is 120. The molecular weight excluding hydrogens is 951 g/mol. The van der Waals surface area contributed by atoms with E-state index in [2.05, 4.69) is 31.3 Å². The van der Waals surface area contributed by atoms with Gasteiger partial charge >= 0.3 is 0 Å². The number of hydrogen-bond acceptors (Lipinski definition) is 18. The first-order chi connectivity index (χ1) is 35.3. The molecule has 3 aliphatic rings. The Hall–Kier alpha value is -1.73. The van der Waals surface area contributed by atoms with Crippen molar-refractivity contribution in [2.75, 3.05) is 26.4 Å². The standard InChI is InChI=1S/C54H99NO18/c1-3-5-7-9-11-13-14-15-16-17-18-19-20-21-22-24-25-27-29-31-38(59)37(55-42(60)32-30-28-26-23-12-10-8-6-4-2)36-68-52-48(66)45(63)50(40(34-57)70-52)73-54-49(67)46(64)51(41(35-58)71-54)72-53-47(65)44(62)43(61)39(33-56)69-53/h22,24,29,31,37-41,43-54,56-59,61-67H,3-21,23,25-28,30,32-36H2,1-2H3,(H,55,60)/b24-22+,31-29+. The van der Waals surface area contributed by atoms with Gasteiger partial charge in [0.25, 0.3) is 0 Å². The van der Waals surface area contributed by atoms with Crippen molar-refractivity contribution in [3.63, 3.8) is 0 Å². The van der Waals surface area contributed by atoms with Crippen molar-refractivity contribution >= 4 is 5.91 Å². The number of rotatable bonds is 40. The maximum atomic E-state index is 13.2. The molecule has 0 aromatic carbocycles. The van der Waals surface area contributed by atoms with E-state index in [0.717, 1.165) is 38.5 Å². The number of amides is 1. The molecule has 3 aliphatic heterocycles. The second-order valence-electron chi connectivity index (χ2n) is 20.4. The average molecular weight is 1050 g/mol. The van der Waals surface area contributed by atoms with Gasteiger partial charge in [-0.2, -0.15) is 0 Å². The van der Waals surface area contributed by atoms with Gasteiger partial charge in [0.15, 0.2) is 18.9 Å². The molecule has 3 heterocycles. The maximum Gasteiger partial charge on any atom is 0.220 e. The summed E-state index contributed by atoms with van der Waals surface area (Å²) in [5.74, 6) is -0.290. The number of ether oxygens (including phenoxy) is 6. The van der Waals surface area contributed by atoms with E-state index in [0.29, 0.717) is 12.8 Å². The lowest BCUT2D eigenvalue weighted by molar-refractivity contribution is -0.379. The zero-order valence-electron chi connectivity index (χ0n) is 44.1. The number of carbonyl (C=O) groups is 1. The predicted molar refractivity (Wildman–Crippen MR) is 273 cm³/mol. The zero-order valence-corrected chi connectivity index (χ0v) is 44.1. The highest BCUT2D eigenvalue weighted by atomic mass is 16.8. The molecule has 0 aromatic rings. The van der Waals surface area contributed by atoms with Crippen molar-refractivity contribution in [2.24, 2.45) is 0 Å². The van der Waals surface area contributed by atoms with E-state index in [1.54, 1.807) is 6.08 Å². The predicted octanol–water partition coefficient (Wildman–Crippen LogP) is 3.59. The number of unbranched alkanes of at least 4 members (excludes halogenated alkanes) is 22. The van der Waals surface area contributed by atoms with Crippen LogP contribution in [-0.2, 0) is 33.2 Å². The van der Waals surface area contributed by atoms with E-state index in [1.807, 2.05) is 6.08 Å². The molecule has 0 aromatic heterocycles. The first-order valence-electron chi connectivity index (χ1n) is 28.1. The van der Waals surface area contributed by atoms with Crippen LogP contribution in [0.4, 0.5) is 0 Å². The Bertz CT molecular complexity index is 1440. The van der Waals surface area contributed by atoms with Gasteiger partial charge in [-0.05, 0) is 32.1 Å². The lowest BCUT2D eigenvalue weighted by Crippen LogP contribution is -2.66. The summed E-state index contributed by atoms with van der Waals surface area (Å²) >= 11 is 0. The minimum atomic E-state index is -1.98. The molecule has 428 valence electrons. The summed E-state index contributed by atoms with van der Waals surface area (Å²) in [4.78, 5) is 13.2.